The molecule has 1 heterocycles. The van der Waals surface area contributed by atoms with Crippen molar-refractivity contribution in [3.63, 3.8) is 0 Å². The Morgan fingerprint density at radius 3 is 2.44 bits per heavy atom. The van der Waals surface area contributed by atoms with Crippen molar-refractivity contribution in [1.29, 1.82) is 5.26 Å². The van der Waals surface area contributed by atoms with Crippen LogP contribution in [0.15, 0.2) is 54.1 Å². The summed E-state index contributed by atoms with van der Waals surface area (Å²) in [5, 5.41) is 23.4. The van der Waals surface area contributed by atoms with Crippen molar-refractivity contribution in [1.82, 2.24) is 4.57 Å². The molecule has 3 aromatic rings. The lowest BCUT2D eigenvalue weighted by molar-refractivity contribution is -0.384. The van der Waals surface area contributed by atoms with E-state index >= 15 is 0 Å². The summed E-state index contributed by atoms with van der Waals surface area (Å²) in [7, 11) is 1.39. The first-order valence-electron chi connectivity index (χ1n) is 9.76. The lowest BCUT2D eigenvalue weighted by Crippen LogP contribution is -2.14. The number of benzene rings is 2. The van der Waals surface area contributed by atoms with Crippen LogP contribution in [0.25, 0.3) is 11.8 Å². The van der Waals surface area contributed by atoms with Gasteiger partial charge in [0.2, 0.25) is 0 Å². The standard InChI is InChI=1S/C24H22N4O4/c1-15-5-7-20(8-6-15)27-16(2)11-18(17(27)3)12-19(14-25)24(29)26-22-10-9-21(32-4)13-23(22)28(30)31/h5-13H,1-4H3,(H,26,29)/b19-12+. The van der Waals surface area contributed by atoms with E-state index in [1.54, 1.807) is 0 Å². The van der Waals surface area contributed by atoms with Gasteiger partial charge in [-0.2, -0.15) is 5.26 Å². The number of nitrogens with zero attached hydrogens (tertiary/aromatic N) is 3. The van der Waals surface area contributed by atoms with Gasteiger partial charge >= 0.3 is 0 Å². The van der Waals surface area contributed by atoms with Crippen LogP contribution in [0, 0.1) is 42.2 Å². The van der Waals surface area contributed by atoms with Gasteiger partial charge < -0.3 is 14.6 Å². The average molecular weight is 430 g/mol. The number of anilines is 1. The van der Waals surface area contributed by atoms with E-state index < -0.39 is 10.8 Å². The van der Waals surface area contributed by atoms with Crippen LogP contribution in [0.2, 0.25) is 0 Å². The second-order valence-corrected chi connectivity index (χ2v) is 7.26. The van der Waals surface area contributed by atoms with E-state index in [0.29, 0.717) is 5.56 Å². The lowest BCUT2D eigenvalue weighted by atomic mass is 10.1. The molecule has 0 atom stereocenters. The monoisotopic (exact) mass is 430 g/mol. The summed E-state index contributed by atoms with van der Waals surface area (Å²) in [6.07, 6.45) is 1.48. The normalized spacial score (nSPS) is 11.0. The van der Waals surface area contributed by atoms with Crippen molar-refractivity contribution < 1.29 is 14.5 Å². The van der Waals surface area contributed by atoms with E-state index in [4.69, 9.17) is 4.74 Å². The second kappa shape index (κ2) is 9.18. The first-order valence-corrected chi connectivity index (χ1v) is 9.76. The SMILES string of the molecule is COc1ccc(NC(=O)/C(C#N)=C/c2cc(C)n(-c3ccc(C)cc3)c2C)c([N+](=O)[O-])c1. The van der Waals surface area contributed by atoms with Gasteiger partial charge in [0.15, 0.2) is 0 Å². The molecule has 0 radical (unpaired) electrons. The van der Waals surface area contributed by atoms with Crippen LogP contribution in [0.5, 0.6) is 5.75 Å². The molecule has 0 aliphatic rings. The molecule has 0 saturated carbocycles. The van der Waals surface area contributed by atoms with Gasteiger partial charge in [-0.05, 0) is 62.7 Å². The number of carbonyl (C=O) groups excluding carboxylic acids is 1. The zero-order valence-electron chi connectivity index (χ0n) is 18.2. The van der Waals surface area contributed by atoms with Crippen molar-refractivity contribution in [2.24, 2.45) is 0 Å². The molecule has 1 N–H and O–H groups in total. The minimum atomic E-state index is -0.735. The molecule has 1 amide bonds. The van der Waals surface area contributed by atoms with Crippen LogP contribution in [0.4, 0.5) is 11.4 Å². The highest BCUT2D eigenvalue weighted by Crippen LogP contribution is 2.29. The number of nitrogens with one attached hydrogen (secondary N) is 1. The van der Waals surface area contributed by atoms with Gasteiger partial charge in [0.25, 0.3) is 11.6 Å². The van der Waals surface area contributed by atoms with Gasteiger partial charge in [-0.3, -0.25) is 14.9 Å². The molecule has 0 unspecified atom stereocenters. The Labute approximate surface area is 185 Å². The number of aromatic nitrogens is 1. The summed E-state index contributed by atoms with van der Waals surface area (Å²) in [6, 6.07) is 15.9. The Balaban J connectivity index is 1.94. The summed E-state index contributed by atoms with van der Waals surface area (Å²) in [6.45, 7) is 5.86. The first kappa shape index (κ1) is 22.3. The Kier molecular flexibility index (Phi) is 6.40. The van der Waals surface area contributed by atoms with Crippen LogP contribution in [-0.4, -0.2) is 22.5 Å². The molecule has 0 fully saturated rings. The van der Waals surface area contributed by atoms with Crippen LogP contribution in [0.3, 0.4) is 0 Å². The number of amides is 1. The number of hydrogen-bond acceptors (Lipinski definition) is 5. The minimum absolute atomic E-state index is 0.0212. The topological polar surface area (TPSA) is 110 Å². The molecule has 0 aliphatic carbocycles. The average Bonchev–Trinajstić information content (AvgIpc) is 3.05. The van der Waals surface area contributed by atoms with Gasteiger partial charge in [-0.1, -0.05) is 17.7 Å². The third kappa shape index (κ3) is 4.52. The van der Waals surface area contributed by atoms with Crippen LogP contribution in [0.1, 0.15) is 22.5 Å². The van der Waals surface area contributed by atoms with Crippen molar-refractivity contribution in [3.8, 4) is 17.5 Å². The van der Waals surface area contributed by atoms with Gasteiger partial charge in [-0.15, -0.1) is 0 Å². The van der Waals surface area contributed by atoms with Crippen molar-refractivity contribution >= 4 is 23.4 Å². The van der Waals surface area contributed by atoms with Crippen LogP contribution in [-0.2, 0) is 4.79 Å². The molecule has 3 rings (SSSR count). The van der Waals surface area contributed by atoms with Gasteiger partial charge in [0, 0.05) is 17.1 Å². The molecular weight excluding hydrogens is 408 g/mol. The molecule has 0 bridgehead atoms. The van der Waals surface area contributed by atoms with Gasteiger partial charge in [0.05, 0.1) is 18.1 Å². The van der Waals surface area contributed by atoms with E-state index in [2.05, 4.69) is 5.32 Å². The first-order chi connectivity index (χ1) is 15.2. The zero-order valence-corrected chi connectivity index (χ0v) is 18.2. The molecule has 8 nitrogen and oxygen atoms in total. The molecule has 0 aliphatic heterocycles. The lowest BCUT2D eigenvalue weighted by Gasteiger charge is -2.10. The Morgan fingerprint density at radius 1 is 1.16 bits per heavy atom. The summed E-state index contributed by atoms with van der Waals surface area (Å²) < 4.78 is 7.03. The minimum Gasteiger partial charge on any atom is -0.496 e. The largest absolute Gasteiger partial charge is 0.496 e. The number of ether oxygens (including phenoxy) is 1. The number of carbonyl (C=O) groups is 1. The molecule has 1 aromatic heterocycles. The summed E-state index contributed by atoms with van der Waals surface area (Å²) in [5.74, 6) is -0.449. The predicted octanol–water partition coefficient (Wildman–Crippen LogP) is 4.87. The number of methoxy groups -OCH3 is 1. The molecule has 0 spiro atoms. The maximum atomic E-state index is 12.7. The van der Waals surface area contributed by atoms with E-state index in [-0.39, 0.29) is 22.7 Å². The highest BCUT2D eigenvalue weighted by atomic mass is 16.6. The van der Waals surface area contributed by atoms with Crippen molar-refractivity contribution in [2.45, 2.75) is 20.8 Å². The molecule has 32 heavy (non-hydrogen) atoms. The molecule has 0 saturated heterocycles. The third-order valence-corrected chi connectivity index (χ3v) is 5.08. The number of hydrogen-bond donors (Lipinski definition) is 1. The fraction of sp³-hybridized carbons (Fsp3) is 0.167. The highest BCUT2D eigenvalue weighted by Gasteiger charge is 2.20. The maximum absolute atomic E-state index is 12.7. The Morgan fingerprint density at radius 2 is 1.84 bits per heavy atom. The molecule has 8 heteroatoms. The predicted molar refractivity (Wildman–Crippen MR) is 122 cm³/mol. The maximum Gasteiger partial charge on any atom is 0.296 e. The molecule has 2 aromatic carbocycles. The smallest absolute Gasteiger partial charge is 0.296 e. The number of nitro benzene ring substituents is 1. The number of nitriles is 1. The van der Waals surface area contributed by atoms with E-state index in [0.717, 1.165) is 22.6 Å². The summed E-state index contributed by atoms with van der Waals surface area (Å²) in [4.78, 5) is 23.5. The summed E-state index contributed by atoms with van der Waals surface area (Å²) in [5.41, 5.74) is 4.12. The molecule has 162 valence electrons. The quantitative estimate of drug-likeness (QED) is 0.260. The van der Waals surface area contributed by atoms with E-state index in [1.807, 2.05) is 61.7 Å². The molecular formula is C24H22N4O4. The van der Waals surface area contributed by atoms with Crippen molar-refractivity contribution in [2.75, 3.05) is 12.4 Å². The van der Waals surface area contributed by atoms with Crippen LogP contribution >= 0.6 is 0 Å². The Bertz CT molecular complexity index is 1260. The van der Waals surface area contributed by atoms with Crippen molar-refractivity contribution in [3.05, 3.63) is 86.7 Å². The Hall–Kier alpha value is -4.38. The third-order valence-electron chi connectivity index (χ3n) is 5.08. The number of nitro groups is 1. The number of rotatable bonds is 6. The second-order valence-electron chi connectivity index (χ2n) is 7.26. The fourth-order valence-electron chi connectivity index (χ4n) is 3.41. The van der Waals surface area contributed by atoms with Gasteiger partial charge in [-0.25, -0.2) is 0 Å². The van der Waals surface area contributed by atoms with Gasteiger partial charge in [0.1, 0.15) is 23.1 Å². The highest BCUT2D eigenvalue weighted by molar-refractivity contribution is 6.10. The summed E-state index contributed by atoms with van der Waals surface area (Å²) >= 11 is 0. The number of aryl methyl sites for hydroxylation is 2. The fourth-order valence-corrected chi connectivity index (χ4v) is 3.41. The van der Waals surface area contributed by atoms with E-state index in [1.165, 1.54) is 31.4 Å². The van der Waals surface area contributed by atoms with E-state index in [9.17, 15) is 20.2 Å². The zero-order chi connectivity index (χ0) is 23.4. The van der Waals surface area contributed by atoms with Crippen LogP contribution < -0.4 is 10.1 Å².